The first-order chi connectivity index (χ1) is 16.2. The molecular formula is C24H24N6O2S. The Labute approximate surface area is 194 Å². The highest BCUT2D eigenvalue weighted by molar-refractivity contribution is 7.18. The van der Waals surface area contributed by atoms with Crippen LogP contribution in [0.1, 0.15) is 35.3 Å². The van der Waals surface area contributed by atoms with E-state index in [1.54, 1.807) is 18.6 Å². The lowest BCUT2D eigenvalue weighted by molar-refractivity contribution is -0.124. The second-order valence-electron chi connectivity index (χ2n) is 8.00. The number of pyridine rings is 1. The summed E-state index contributed by atoms with van der Waals surface area (Å²) in [6.45, 7) is 0.984. The molecule has 2 N–H and O–H groups in total. The van der Waals surface area contributed by atoms with Crippen molar-refractivity contribution in [1.29, 1.82) is 0 Å². The first kappa shape index (κ1) is 21.3. The highest BCUT2D eigenvalue weighted by Crippen LogP contribution is 2.24. The Morgan fingerprint density at radius 1 is 1.18 bits per heavy atom. The maximum Gasteiger partial charge on any atom is 0.277 e. The number of hydrogen-bond donors (Lipinski definition) is 2. The fourth-order valence-electron chi connectivity index (χ4n) is 4.12. The van der Waals surface area contributed by atoms with E-state index in [1.807, 2.05) is 24.3 Å². The highest BCUT2D eigenvalue weighted by Gasteiger charge is 2.31. The van der Waals surface area contributed by atoms with Gasteiger partial charge in [0.1, 0.15) is 22.6 Å². The summed E-state index contributed by atoms with van der Waals surface area (Å²) in [5, 5.41) is 6.95. The van der Waals surface area contributed by atoms with Crippen molar-refractivity contribution < 1.29 is 4.79 Å². The summed E-state index contributed by atoms with van der Waals surface area (Å²) in [4.78, 5) is 39.0. The van der Waals surface area contributed by atoms with Crippen LogP contribution in [0.4, 0.5) is 5.69 Å². The summed E-state index contributed by atoms with van der Waals surface area (Å²) in [6.07, 6.45) is 8.03. The van der Waals surface area contributed by atoms with E-state index in [1.165, 1.54) is 21.5 Å². The molecule has 1 amide bonds. The van der Waals surface area contributed by atoms with Gasteiger partial charge in [0.2, 0.25) is 5.91 Å². The van der Waals surface area contributed by atoms with Crippen LogP contribution in [0, 0.1) is 0 Å². The molecule has 0 bridgehead atoms. The van der Waals surface area contributed by atoms with E-state index in [0.717, 1.165) is 28.1 Å². The fourth-order valence-corrected chi connectivity index (χ4v) is 4.99. The average Bonchev–Trinajstić information content (AvgIpc) is 3.46. The summed E-state index contributed by atoms with van der Waals surface area (Å²) in [7, 11) is 0. The van der Waals surface area contributed by atoms with Gasteiger partial charge in [0.05, 0.1) is 29.2 Å². The molecule has 0 radical (unpaired) electrons. The van der Waals surface area contributed by atoms with Gasteiger partial charge in [-0.2, -0.15) is 0 Å². The number of nitrogens with one attached hydrogen (secondary N) is 2. The van der Waals surface area contributed by atoms with E-state index in [0.29, 0.717) is 37.4 Å². The lowest BCUT2D eigenvalue weighted by atomic mass is 10.1. The summed E-state index contributed by atoms with van der Waals surface area (Å²) >= 11 is 1.53. The summed E-state index contributed by atoms with van der Waals surface area (Å²) < 4.78 is 2.57. The molecule has 0 saturated carbocycles. The van der Waals surface area contributed by atoms with Gasteiger partial charge < -0.3 is 10.6 Å². The second-order valence-corrected chi connectivity index (χ2v) is 9.12. The first-order valence-electron chi connectivity index (χ1n) is 11.0. The van der Waals surface area contributed by atoms with Crippen LogP contribution in [0.3, 0.4) is 0 Å². The molecule has 168 valence electrons. The molecular weight excluding hydrogens is 436 g/mol. The Hall–Kier alpha value is -3.59. The molecule has 1 aliphatic rings. The van der Waals surface area contributed by atoms with Crippen LogP contribution >= 0.6 is 11.3 Å². The van der Waals surface area contributed by atoms with Crippen molar-refractivity contribution in [3.05, 3.63) is 81.7 Å². The predicted octanol–water partition coefficient (Wildman–Crippen LogP) is 3.10. The molecule has 0 fully saturated rings. The van der Waals surface area contributed by atoms with Crippen LogP contribution in [0.25, 0.3) is 10.2 Å². The molecule has 4 aromatic rings. The van der Waals surface area contributed by atoms with Crippen molar-refractivity contribution in [2.45, 2.75) is 38.3 Å². The molecule has 3 aromatic heterocycles. The van der Waals surface area contributed by atoms with Gasteiger partial charge in [-0.1, -0.05) is 30.3 Å². The van der Waals surface area contributed by atoms with E-state index in [9.17, 15) is 9.59 Å². The van der Waals surface area contributed by atoms with E-state index >= 15 is 0 Å². The van der Waals surface area contributed by atoms with E-state index in [4.69, 9.17) is 0 Å². The molecule has 1 atom stereocenters. The van der Waals surface area contributed by atoms with Crippen molar-refractivity contribution in [1.82, 2.24) is 24.8 Å². The zero-order valence-corrected chi connectivity index (χ0v) is 18.8. The van der Waals surface area contributed by atoms with E-state index in [2.05, 4.69) is 37.7 Å². The number of thiazole rings is 1. The Kier molecular flexibility index (Phi) is 6.12. The molecule has 1 aliphatic heterocycles. The van der Waals surface area contributed by atoms with Crippen LogP contribution in [0.2, 0.25) is 0 Å². The van der Waals surface area contributed by atoms with Crippen molar-refractivity contribution in [3.63, 3.8) is 0 Å². The number of hydrogen-bond acceptors (Lipinski definition) is 7. The zero-order valence-electron chi connectivity index (χ0n) is 18.0. The maximum atomic E-state index is 13.1. The normalized spacial score (nSPS) is 14.8. The minimum Gasteiger partial charge on any atom is -0.379 e. The molecule has 9 heteroatoms. The SMILES string of the molecule is O=C(NCc1nc2cnccc2s1)[C@@H]1CCc2ncc(NCCCc3ccccc3)c(=O)n21. The van der Waals surface area contributed by atoms with Crippen LogP contribution in [-0.4, -0.2) is 32.0 Å². The van der Waals surface area contributed by atoms with Gasteiger partial charge in [-0.25, -0.2) is 9.97 Å². The lowest BCUT2D eigenvalue weighted by Crippen LogP contribution is -2.36. The summed E-state index contributed by atoms with van der Waals surface area (Å²) in [5.41, 5.74) is 2.33. The number of aromatic nitrogens is 4. The minimum atomic E-state index is -0.554. The number of fused-ring (bicyclic) bond motifs is 2. The van der Waals surface area contributed by atoms with Crippen molar-refractivity contribution >= 4 is 33.1 Å². The van der Waals surface area contributed by atoms with Gasteiger partial charge in [-0.3, -0.25) is 19.1 Å². The monoisotopic (exact) mass is 460 g/mol. The smallest absolute Gasteiger partial charge is 0.277 e. The Bertz CT molecular complexity index is 1300. The third kappa shape index (κ3) is 4.63. The van der Waals surface area contributed by atoms with Gasteiger partial charge in [0.25, 0.3) is 5.56 Å². The van der Waals surface area contributed by atoms with Crippen molar-refractivity contribution in [2.75, 3.05) is 11.9 Å². The average molecular weight is 461 g/mol. The quantitative estimate of drug-likeness (QED) is 0.392. The second kappa shape index (κ2) is 9.50. The Balaban J connectivity index is 1.22. The molecule has 0 spiro atoms. The minimum absolute atomic E-state index is 0.184. The molecule has 0 unspecified atom stereocenters. The number of anilines is 1. The molecule has 5 rings (SSSR count). The molecule has 1 aromatic carbocycles. The third-order valence-corrected chi connectivity index (χ3v) is 6.81. The summed E-state index contributed by atoms with van der Waals surface area (Å²) in [6, 6.07) is 11.6. The van der Waals surface area contributed by atoms with Gasteiger partial charge in [0, 0.05) is 19.2 Å². The largest absolute Gasteiger partial charge is 0.379 e. The number of carbonyl (C=O) groups excluding carboxylic acids is 1. The Morgan fingerprint density at radius 2 is 2.06 bits per heavy atom. The fraction of sp³-hybridized carbons (Fsp3) is 0.292. The van der Waals surface area contributed by atoms with Gasteiger partial charge in [-0.05, 0) is 30.9 Å². The number of rotatable bonds is 8. The van der Waals surface area contributed by atoms with Crippen LogP contribution in [0.5, 0.6) is 0 Å². The van der Waals surface area contributed by atoms with Gasteiger partial charge in [-0.15, -0.1) is 11.3 Å². The first-order valence-corrected chi connectivity index (χ1v) is 11.9. The van der Waals surface area contributed by atoms with Gasteiger partial charge >= 0.3 is 0 Å². The number of nitrogens with zero attached hydrogens (tertiary/aromatic N) is 4. The third-order valence-electron chi connectivity index (χ3n) is 5.77. The van der Waals surface area contributed by atoms with E-state index in [-0.39, 0.29) is 11.5 Å². The molecule has 4 heterocycles. The van der Waals surface area contributed by atoms with Crippen LogP contribution in [-0.2, 0) is 24.2 Å². The molecule has 0 saturated heterocycles. The number of aryl methyl sites for hydroxylation is 2. The summed E-state index contributed by atoms with van der Waals surface area (Å²) in [5.74, 6) is 0.470. The van der Waals surface area contributed by atoms with Crippen LogP contribution in [0.15, 0.2) is 59.8 Å². The topological polar surface area (TPSA) is 102 Å². The van der Waals surface area contributed by atoms with E-state index < -0.39 is 6.04 Å². The standard InChI is InChI=1S/C24H24N6O2S/c31-23(28-15-22-29-17-13-25-12-10-20(17)33-22)19-8-9-21-27-14-18(24(32)30(19)21)26-11-4-7-16-5-2-1-3-6-16/h1-3,5-6,10,12-14,19,26H,4,7-9,11,15H2,(H,28,31)/t19-/m0/s1. The number of benzene rings is 1. The van der Waals surface area contributed by atoms with Crippen molar-refractivity contribution in [2.24, 2.45) is 0 Å². The van der Waals surface area contributed by atoms with Crippen LogP contribution < -0.4 is 16.2 Å². The van der Waals surface area contributed by atoms with Crippen molar-refractivity contribution in [3.8, 4) is 0 Å². The molecule has 8 nitrogen and oxygen atoms in total. The lowest BCUT2D eigenvalue weighted by Gasteiger charge is -2.15. The maximum absolute atomic E-state index is 13.1. The molecule has 33 heavy (non-hydrogen) atoms. The predicted molar refractivity (Wildman–Crippen MR) is 128 cm³/mol. The molecule has 0 aliphatic carbocycles. The number of carbonyl (C=O) groups is 1. The number of amides is 1. The highest BCUT2D eigenvalue weighted by atomic mass is 32.1. The Morgan fingerprint density at radius 3 is 2.91 bits per heavy atom. The zero-order chi connectivity index (χ0) is 22.6. The van der Waals surface area contributed by atoms with Gasteiger partial charge in [0.15, 0.2) is 0 Å².